The molecule has 0 bridgehead atoms. The highest BCUT2D eigenvalue weighted by molar-refractivity contribution is 9.10. The fourth-order valence-electron chi connectivity index (χ4n) is 0.397. The van der Waals surface area contributed by atoms with Crippen LogP contribution >= 0.6 is 15.9 Å². The smallest absolute Gasteiger partial charge is 0.350 e. The summed E-state index contributed by atoms with van der Waals surface area (Å²) in [4.78, 5) is 7.02. The van der Waals surface area contributed by atoms with Crippen LogP contribution in [-0.2, 0) is 4.79 Å². The van der Waals surface area contributed by atoms with Gasteiger partial charge in [-0.05, 0) is 5.92 Å². The number of carbonyl (C=O) groups excluding carboxylic acids is 1. The monoisotopic (exact) mass is 229 g/mol. The van der Waals surface area contributed by atoms with Gasteiger partial charge in [0, 0.05) is 22.5 Å². The molecular formula is C6H10BrF2NO. The third-order valence-electron chi connectivity index (χ3n) is 0.928. The molecule has 2 nitrogen and oxygen atoms in total. The van der Waals surface area contributed by atoms with E-state index in [1.807, 2.05) is 29.8 Å². The zero-order valence-corrected chi connectivity index (χ0v) is 7.91. The third-order valence-corrected chi connectivity index (χ3v) is 1.29. The molecule has 66 valence electrons. The fraction of sp³-hybridized carbons (Fsp3) is 0.833. The van der Waals surface area contributed by atoms with Crippen molar-refractivity contribution >= 4 is 21.8 Å². The molecule has 0 saturated heterocycles. The molecule has 0 aromatic heterocycles. The predicted molar refractivity (Wildman–Crippen MR) is 41.7 cm³/mol. The summed E-state index contributed by atoms with van der Waals surface area (Å²) in [5.74, 6) is -1.11. The van der Waals surface area contributed by atoms with Crippen LogP contribution in [-0.4, -0.2) is 17.3 Å². The zero-order chi connectivity index (χ0) is 9.07. The normalized spacial score (nSPS) is 11.8. The molecule has 0 heterocycles. The van der Waals surface area contributed by atoms with Gasteiger partial charge >= 0.3 is 10.7 Å². The number of hydrogen-bond donors (Lipinski definition) is 1. The minimum absolute atomic E-state index is 0.175. The summed E-state index contributed by atoms with van der Waals surface area (Å²) in [5, 5.41) is 2.09. The lowest BCUT2D eigenvalue weighted by atomic mass is 10.2. The standard InChI is InChI=1S/C6H10BrF2NO/c1-4(2)3-10-5(11)6(7,8)9/h4H,3H2,1-2H3,(H,10,11). The Morgan fingerprint density at radius 3 is 2.36 bits per heavy atom. The Morgan fingerprint density at radius 1 is 1.64 bits per heavy atom. The Balaban J connectivity index is 3.71. The lowest BCUT2D eigenvalue weighted by Gasteiger charge is -2.10. The van der Waals surface area contributed by atoms with E-state index in [9.17, 15) is 13.6 Å². The summed E-state index contributed by atoms with van der Waals surface area (Å²) < 4.78 is 24.1. The second kappa shape index (κ2) is 3.99. The molecule has 0 aromatic carbocycles. The van der Waals surface area contributed by atoms with Crippen molar-refractivity contribution in [2.45, 2.75) is 18.7 Å². The van der Waals surface area contributed by atoms with Crippen molar-refractivity contribution < 1.29 is 13.6 Å². The molecule has 0 radical (unpaired) electrons. The van der Waals surface area contributed by atoms with Crippen LogP contribution in [0, 0.1) is 5.92 Å². The van der Waals surface area contributed by atoms with E-state index in [0.29, 0.717) is 0 Å². The van der Waals surface area contributed by atoms with Gasteiger partial charge in [0.1, 0.15) is 0 Å². The molecule has 0 rings (SSSR count). The van der Waals surface area contributed by atoms with Crippen molar-refractivity contribution in [3.63, 3.8) is 0 Å². The number of alkyl halides is 3. The first kappa shape index (κ1) is 10.8. The van der Waals surface area contributed by atoms with Crippen molar-refractivity contribution in [1.29, 1.82) is 0 Å². The maximum absolute atomic E-state index is 12.1. The number of nitrogens with one attached hydrogen (secondary N) is 1. The van der Waals surface area contributed by atoms with Crippen LogP contribution in [0.25, 0.3) is 0 Å². The largest absolute Gasteiger partial charge is 0.377 e. The fourth-order valence-corrected chi connectivity index (χ4v) is 0.537. The summed E-state index contributed by atoms with van der Waals surface area (Å²) in [6.07, 6.45) is 0. The van der Waals surface area contributed by atoms with E-state index in [1.165, 1.54) is 0 Å². The van der Waals surface area contributed by atoms with Gasteiger partial charge < -0.3 is 5.32 Å². The van der Waals surface area contributed by atoms with E-state index in [2.05, 4.69) is 5.32 Å². The van der Waals surface area contributed by atoms with E-state index in [1.54, 1.807) is 0 Å². The van der Waals surface area contributed by atoms with Crippen molar-refractivity contribution in [2.75, 3.05) is 6.54 Å². The topological polar surface area (TPSA) is 29.1 Å². The molecule has 0 spiro atoms. The summed E-state index contributed by atoms with van der Waals surface area (Å²) in [5.41, 5.74) is 0. The molecule has 1 N–H and O–H groups in total. The van der Waals surface area contributed by atoms with Crippen LogP contribution in [0.5, 0.6) is 0 Å². The minimum Gasteiger partial charge on any atom is -0.350 e. The Bertz CT molecular complexity index is 144. The summed E-state index contributed by atoms with van der Waals surface area (Å²) in [6.45, 7) is 3.92. The molecule has 0 atom stereocenters. The van der Waals surface area contributed by atoms with Gasteiger partial charge in [-0.25, -0.2) is 0 Å². The first-order chi connectivity index (χ1) is 4.84. The van der Waals surface area contributed by atoms with E-state index in [4.69, 9.17) is 0 Å². The summed E-state index contributed by atoms with van der Waals surface area (Å²) in [7, 11) is 0. The van der Waals surface area contributed by atoms with Gasteiger partial charge in [0.15, 0.2) is 0 Å². The van der Waals surface area contributed by atoms with Crippen molar-refractivity contribution in [3.8, 4) is 0 Å². The molecule has 0 aliphatic rings. The van der Waals surface area contributed by atoms with Gasteiger partial charge in [0.2, 0.25) is 0 Å². The van der Waals surface area contributed by atoms with E-state index in [0.717, 1.165) is 0 Å². The first-order valence-corrected chi connectivity index (χ1v) is 3.98. The lowest BCUT2D eigenvalue weighted by molar-refractivity contribution is -0.134. The maximum atomic E-state index is 12.1. The van der Waals surface area contributed by atoms with Crippen molar-refractivity contribution in [1.82, 2.24) is 5.32 Å². The third kappa shape index (κ3) is 5.12. The molecular weight excluding hydrogens is 220 g/mol. The molecule has 0 saturated carbocycles. The van der Waals surface area contributed by atoms with Crippen LogP contribution in [0.4, 0.5) is 8.78 Å². The number of amides is 1. The molecule has 0 aliphatic carbocycles. The van der Waals surface area contributed by atoms with Gasteiger partial charge in [0.25, 0.3) is 0 Å². The van der Waals surface area contributed by atoms with Crippen LogP contribution in [0.2, 0.25) is 0 Å². The van der Waals surface area contributed by atoms with Gasteiger partial charge in [0.05, 0.1) is 0 Å². The Morgan fingerprint density at radius 2 is 2.09 bits per heavy atom. The minimum atomic E-state index is -3.44. The van der Waals surface area contributed by atoms with Gasteiger partial charge in [-0.1, -0.05) is 13.8 Å². The molecule has 0 aliphatic heterocycles. The summed E-state index contributed by atoms with van der Waals surface area (Å²) in [6, 6.07) is 0. The molecule has 0 fully saturated rings. The molecule has 0 aromatic rings. The highest BCUT2D eigenvalue weighted by Crippen LogP contribution is 2.21. The first-order valence-electron chi connectivity index (χ1n) is 3.19. The number of hydrogen-bond acceptors (Lipinski definition) is 1. The molecule has 0 unspecified atom stereocenters. The zero-order valence-electron chi connectivity index (χ0n) is 6.33. The summed E-state index contributed by atoms with van der Waals surface area (Å²) >= 11 is 1.95. The maximum Gasteiger partial charge on any atom is 0.377 e. The van der Waals surface area contributed by atoms with Crippen LogP contribution in [0.1, 0.15) is 13.8 Å². The van der Waals surface area contributed by atoms with Crippen LogP contribution < -0.4 is 5.32 Å². The van der Waals surface area contributed by atoms with Gasteiger partial charge in [-0.3, -0.25) is 4.79 Å². The molecule has 1 amide bonds. The van der Waals surface area contributed by atoms with Crippen molar-refractivity contribution in [2.24, 2.45) is 5.92 Å². The number of carbonyl (C=O) groups is 1. The van der Waals surface area contributed by atoms with E-state index < -0.39 is 10.7 Å². The van der Waals surface area contributed by atoms with Crippen LogP contribution in [0.3, 0.4) is 0 Å². The highest BCUT2D eigenvalue weighted by Gasteiger charge is 2.34. The Labute approximate surface area is 72.5 Å². The molecule has 5 heteroatoms. The number of rotatable bonds is 3. The SMILES string of the molecule is CC(C)CNC(=O)C(F)(F)Br. The van der Waals surface area contributed by atoms with Gasteiger partial charge in [-0.2, -0.15) is 8.78 Å². The van der Waals surface area contributed by atoms with Crippen molar-refractivity contribution in [3.05, 3.63) is 0 Å². The second-order valence-electron chi connectivity index (χ2n) is 2.60. The predicted octanol–water partition coefficient (Wildman–Crippen LogP) is 1.75. The lowest BCUT2D eigenvalue weighted by Crippen LogP contribution is -2.37. The average molecular weight is 230 g/mol. The number of halogens is 3. The van der Waals surface area contributed by atoms with Crippen LogP contribution in [0.15, 0.2) is 0 Å². The van der Waals surface area contributed by atoms with Gasteiger partial charge in [-0.15, -0.1) is 0 Å². The van der Waals surface area contributed by atoms with E-state index >= 15 is 0 Å². The second-order valence-corrected chi connectivity index (χ2v) is 3.60. The quantitative estimate of drug-likeness (QED) is 0.735. The highest BCUT2D eigenvalue weighted by atomic mass is 79.9. The van der Waals surface area contributed by atoms with E-state index in [-0.39, 0.29) is 12.5 Å². The Hall–Kier alpha value is -0.190. The Kier molecular flexibility index (Phi) is 3.92. The molecule has 11 heavy (non-hydrogen) atoms. The average Bonchev–Trinajstić information content (AvgIpc) is 1.80.